The molecule has 2 heterocycles. The molecule has 0 amide bonds. The number of hydrogen-bond acceptors (Lipinski definition) is 3. The summed E-state index contributed by atoms with van der Waals surface area (Å²) in [5.74, 6) is 0.366. The van der Waals surface area contributed by atoms with Crippen molar-refractivity contribution in [3.05, 3.63) is 12.2 Å². The fourth-order valence-electron chi connectivity index (χ4n) is 2.01. The average molecular weight is 191 g/mol. The van der Waals surface area contributed by atoms with E-state index in [2.05, 4.69) is 36.9 Å². The molecule has 2 rings (SSSR count). The number of aliphatic imine (C=N–C) groups is 1. The zero-order valence-electron chi connectivity index (χ0n) is 9.23. The van der Waals surface area contributed by atoms with Gasteiger partial charge in [-0.1, -0.05) is 26.8 Å². The van der Waals surface area contributed by atoms with Crippen molar-refractivity contribution < 1.29 is 0 Å². The van der Waals surface area contributed by atoms with Crippen LogP contribution in [0.1, 0.15) is 20.8 Å². The molecule has 0 aromatic carbocycles. The second-order valence-corrected chi connectivity index (χ2v) is 4.93. The summed E-state index contributed by atoms with van der Waals surface area (Å²) in [7, 11) is 1.99. The number of hydrogen-bond donors (Lipinski definition) is 0. The molecule has 76 valence electrons. The minimum Gasteiger partial charge on any atom is -0.275 e. The van der Waals surface area contributed by atoms with Crippen LogP contribution in [0, 0.1) is 11.3 Å². The summed E-state index contributed by atoms with van der Waals surface area (Å²) in [4.78, 5) is 4.44. The van der Waals surface area contributed by atoms with Gasteiger partial charge in [-0.25, -0.2) is 0 Å². The number of allylic oxidation sites excluding steroid dienone is 1. The monoisotopic (exact) mass is 191 g/mol. The third kappa shape index (κ3) is 1.37. The molecular formula is C11H17N3. The molecular weight excluding hydrogens is 174 g/mol. The van der Waals surface area contributed by atoms with Gasteiger partial charge in [0.05, 0.1) is 11.6 Å². The number of hydrazone groups is 1. The first-order chi connectivity index (χ1) is 6.50. The lowest BCUT2D eigenvalue weighted by Gasteiger charge is -2.25. The zero-order valence-corrected chi connectivity index (χ0v) is 9.23. The van der Waals surface area contributed by atoms with E-state index in [1.165, 1.54) is 5.71 Å². The Morgan fingerprint density at radius 2 is 2.07 bits per heavy atom. The Kier molecular flexibility index (Phi) is 1.98. The van der Waals surface area contributed by atoms with Gasteiger partial charge in [0.25, 0.3) is 0 Å². The lowest BCUT2D eigenvalue weighted by Crippen LogP contribution is -2.33. The van der Waals surface area contributed by atoms with Gasteiger partial charge in [0.15, 0.2) is 0 Å². The SMILES string of the molecule is CN1N=C(C(C)(C)C)C2C=CC=NC21. The van der Waals surface area contributed by atoms with Crippen LogP contribution in [0.15, 0.2) is 22.2 Å². The van der Waals surface area contributed by atoms with Crippen molar-refractivity contribution in [2.45, 2.75) is 26.9 Å². The molecule has 14 heavy (non-hydrogen) atoms. The van der Waals surface area contributed by atoms with E-state index in [9.17, 15) is 0 Å². The van der Waals surface area contributed by atoms with Crippen molar-refractivity contribution in [3.63, 3.8) is 0 Å². The van der Waals surface area contributed by atoms with E-state index in [4.69, 9.17) is 0 Å². The van der Waals surface area contributed by atoms with Crippen molar-refractivity contribution >= 4 is 11.9 Å². The molecule has 0 aromatic rings. The van der Waals surface area contributed by atoms with E-state index >= 15 is 0 Å². The number of rotatable bonds is 0. The summed E-state index contributed by atoms with van der Waals surface area (Å²) in [5.41, 5.74) is 1.36. The molecule has 0 aliphatic carbocycles. The summed E-state index contributed by atoms with van der Waals surface area (Å²) in [6, 6.07) is 0. The van der Waals surface area contributed by atoms with Gasteiger partial charge in [0, 0.05) is 18.7 Å². The molecule has 2 unspecified atom stereocenters. The molecule has 0 saturated heterocycles. The van der Waals surface area contributed by atoms with Gasteiger partial charge in [0.1, 0.15) is 6.17 Å². The summed E-state index contributed by atoms with van der Waals surface area (Å²) >= 11 is 0. The predicted octanol–water partition coefficient (Wildman–Crippen LogP) is 1.92. The second-order valence-electron chi connectivity index (χ2n) is 4.93. The standard InChI is InChI=1S/C11H17N3/c1-11(2,3)9-8-6-5-7-12-10(8)14(4)13-9/h5-8,10H,1-4H3. The van der Waals surface area contributed by atoms with Crippen molar-refractivity contribution in [1.29, 1.82) is 0 Å². The van der Waals surface area contributed by atoms with E-state index < -0.39 is 0 Å². The maximum Gasteiger partial charge on any atom is 0.148 e. The first-order valence-corrected chi connectivity index (χ1v) is 5.02. The van der Waals surface area contributed by atoms with Crippen LogP contribution < -0.4 is 0 Å². The summed E-state index contributed by atoms with van der Waals surface area (Å²) in [6.07, 6.45) is 6.26. The smallest absolute Gasteiger partial charge is 0.148 e. The molecule has 0 saturated carbocycles. The first kappa shape index (κ1) is 9.44. The van der Waals surface area contributed by atoms with Crippen molar-refractivity contribution in [2.24, 2.45) is 21.4 Å². The van der Waals surface area contributed by atoms with Gasteiger partial charge in [-0.3, -0.25) is 10.0 Å². The van der Waals surface area contributed by atoms with Crippen LogP contribution in [0.2, 0.25) is 0 Å². The molecule has 3 heteroatoms. The molecule has 0 aromatic heterocycles. The van der Waals surface area contributed by atoms with Crippen LogP contribution >= 0.6 is 0 Å². The minimum atomic E-state index is 0.130. The second kappa shape index (κ2) is 2.94. The first-order valence-electron chi connectivity index (χ1n) is 5.02. The van der Waals surface area contributed by atoms with Crippen LogP contribution in [0.25, 0.3) is 0 Å². The molecule has 2 aliphatic rings. The highest BCUT2D eigenvalue weighted by molar-refractivity contribution is 5.95. The Bertz CT molecular complexity index is 320. The predicted molar refractivity (Wildman–Crippen MR) is 59.6 cm³/mol. The number of fused-ring (bicyclic) bond motifs is 1. The zero-order chi connectivity index (χ0) is 10.3. The van der Waals surface area contributed by atoms with Gasteiger partial charge < -0.3 is 0 Å². The summed E-state index contributed by atoms with van der Waals surface area (Å²) in [6.45, 7) is 6.61. The molecule has 2 aliphatic heterocycles. The fraction of sp³-hybridized carbons (Fsp3) is 0.636. The Morgan fingerprint density at radius 1 is 1.36 bits per heavy atom. The molecule has 0 bridgehead atoms. The van der Waals surface area contributed by atoms with Crippen molar-refractivity contribution in [1.82, 2.24) is 5.01 Å². The van der Waals surface area contributed by atoms with Gasteiger partial charge >= 0.3 is 0 Å². The van der Waals surface area contributed by atoms with Crippen LogP contribution in [0.5, 0.6) is 0 Å². The maximum absolute atomic E-state index is 4.59. The molecule has 0 fully saturated rings. The van der Waals surface area contributed by atoms with Crippen LogP contribution in [0.4, 0.5) is 0 Å². The fourth-order valence-corrected chi connectivity index (χ4v) is 2.01. The Morgan fingerprint density at radius 3 is 2.71 bits per heavy atom. The summed E-state index contributed by atoms with van der Waals surface area (Å²) < 4.78 is 0. The van der Waals surface area contributed by atoms with E-state index in [1.807, 2.05) is 24.3 Å². The topological polar surface area (TPSA) is 28.0 Å². The van der Waals surface area contributed by atoms with Gasteiger partial charge in [0.2, 0.25) is 0 Å². The van der Waals surface area contributed by atoms with Crippen LogP contribution in [0.3, 0.4) is 0 Å². The van der Waals surface area contributed by atoms with E-state index in [0.717, 1.165) is 0 Å². The lowest BCUT2D eigenvalue weighted by molar-refractivity contribution is 0.270. The van der Waals surface area contributed by atoms with Crippen LogP contribution in [-0.4, -0.2) is 30.1 Å². The highest BCUT2D eigenvalue weighted by Gasteiger charge is 2.39. The van der Waals surface area contributed by atoms with E-state index in [-0.39, 0.29) is 11.6 Å². The summed E-state index contributed by atoms with van der Waals surface area (Å²) in [5, 5.41) is 6.55. The van der Waals surface area contributed by atoms with Crippen molar-refractivity contribution in [3.8, 4) is 0 Å². The normalized spacial score (nSPS) is 30.6. The highest BCUT2D eigenvalue weighted by atomic mass is 15.5. The molecule has 2 atom stereocenters. The lowest BCUT2D eigenvalue weighted by atomic mass is 9.81. The average Bonchev–Trinajstić information content (AvgIpc) is 2.44. The molecule has 0 radical (unpaired) electrons. The molecule has 3 nitrogen and oxygen atoms in total. The molecule has 0 N–H and O–H groups in total. The number of nitrogens with zero attached hydrogens (tertiary/aromatic N) is 3. The van der Waals surface area contributed by atoms with Gasteiger partial charge in [-0.2, -0.15) is 5.10 Å². The third-order valence-corrected chi connectivity index (χ3v) is 2.70. The minimum absolute atomic E-state index is 0.130. The Balaban J connectivity index is 2.33. The van der Waals surface area contributed by atoms with Gasteiger partial charge in [-0.05, 0) is 6.08 Å². The highest BCUT2D eigenvalue weighted by Crippen LogP contribution is 2.33. The Labute approximate surface area is 85.2 Å². The quantitative estimate of drug-likeness (QED) is 0.575. The van der Waals surface area contributed by atoms with Gasteiger partial charge in [-0.15, -0.1) is 0 Å². The molecule has 0 spiro atoms. The third-order valence-electron chi connectivity index (χ3n) is 2.70. The van der Waals surface area contributed by atoms with Crippen molar-refractivity contribution in [2.75, 3.05) is 7.05 Å². The van der Waals surface area contributed by atoms with E-state index in [0.29, 0.717) is 5.92 Å². The largest absolute Gasteiger partial charge is 0.275 e. The Hall–Kier alpha value is -1.12. The number of dihydropyridines is 1. The maximum atomic E-state index is 4.59. The van der Waals surface area contributed by atoms with Crippen LogP contribution in [-0.2, 0) is 0 Å². The van der Waals surface area contributed by atoms with E-state index in [1.54, 1.807) is 0 Å².